The Kier molecular flexibility index (Phi) is 5.90. The second kappa shape index (κ2) is 8.77. The zero-order valence-electron chi connectivity index (χ0n) is 17.9. The third-order valence-corrected chi connectivity index (χ3v) is 5.99. The highest BCUT2D eigenvalue weighted by molar-refractivity contribution is 8.00. The number of carbonyl (C=O) groups excluding carboxylic acids is 1. The Labute approximate surface area is 185 Å². The molecule has 0 fully saturated rings. The summed E-state index contributed by atoms with van der Waals surface area (Å²) in [6.07, 6.45) is 0. The molecule has 0 aliphatic carbocycles. The first-order valence-corrected chi connectivity index (χ1v) is 10.9. The van der Waals surface area contributed by atoms with Crippen LogP contribution < -0.4 is 10.6 Å². The molecule has 2 aromatic heterocycles. The van der Waals surface area contributed by atoms with Gasteiger partial charge in [-0.1, -0.05) is 42.1 Å². The third-order valence-electron chi connectivity index (χ3n) is 5.03. The minimum absolute atomic E-state index is 0.112. The molecule has 158 valence electrons. The van der Waals surface area contributed by atoms with Gasteiger partial charge in [0.1, 0.15) is 5.82 Å². The normalized spacial score (nSPS) is 12.0. The van der Waals surface area contributed by atoms with E-state index in [2.05, 4.69) is 20.7 Å². The van der Waals surface area contributed by atoms with Crippen LogP contribution >= 0.6 is 11.8 Å². The number of para-hydroxylation sites is 2. The molecule has 1 atom stereocenters. The van der Waals surface area contributed by atoms with E-state index in [0.717, 1.165) is 33.7 Å². The van der Waals surface area contributed by atoms with Gasteiger partial charge in [-0.25, -0.2) is 9.97 Å². The van der Waals surface area contributed by atoms with Gasteiger partial charge in [0, 0.05) is 18.1 Å². The third kappa shape index (κ3) is 4.54. The topological polar surface area (TPSA) is 84.7 Å². The van der Waals surface area contributed by atoms with Crippen LogP contribution in [0, 0.1) is 13.8 Å². The molecule has 2 aromatic carbocycles. The summed E-state index contributed by atoms with van der Waals surface area (Å²) in [5.41, 5.74) is 4.23. The van der Waals surface area contributed by atoms with Crippen molar-refractivity contribution in [3.05, 3.63) is 66.0 Å². The summed E-state index contributed by atoms with van der Waals surface area (Å²) in [6, 6.07) is 17.7. The lowest BCUT2D eigenvalue weighted by Crippen LogP contribution is -2.23. The molecule has 0 bridgehead atoms. The maximum absolute atomic E-state index is 12.8. The number of anilines is 3. The molecule has 0 aliphatic rings. The van der Waals surface area contributed by atoms with Gasteiger partial charge in [-0.05, 0) is 45.0 Å². The first-order valence-electron chi connectivity index (χ1n) is 9.99. The molecule has 0 aliphatic heterocycles. The molecule has 0 saturated carbocycles. The molecule has 1 amide bonds. The van der Waals surface area contributed by atoms with Crippen molar-refractivity contribution in [3.63, 3.8) is 0 Å². The SMILES string of the molecule is Cc1nn(C)c(C)c1NC(=O)[C@@H](C)Sc1nc(Nc2ccccc2)c2ccccc2n1. The number of nitrogens with one attached hydrogen (secondary N) is 2. The van der Waals surface area contributed by atoms with Crippen LogP contribution in [0.3, 0.4) is 0 Å². The van der Waals surface area contributed by atoms with Crippen LogP contribution in [0.25, 0.3) is 10.9 Å². The van der Waals surface area contributed by atoms with Crippen LogP contribution in [0.15, 0.2) is 59.8 Å². The highest BCUT2D eigenvalue weighted by Gasteiger charge is 2.20. The van der Waals surface area contributed by atoms with E-state index in [4.69, 9.17) is 4.98 Å². The lowest BCUT2D eigenvalue weighted by molar-refractivity contribution is -0.115. The van der Waals surface area contributed by atoms with Crippen LogP contribution in [0.5, 0.6) is 0 Å². The summed E-state index contributed by atoms with van der Waals surface area (Å²) in [4.78, 5) is 22.2. The number of rotatable bonds is 6. The van der Waals surface area contributed by atoms with E-state index in [-0.39, 0.29) is 11.2 Å². The van der Waals surface area contributed by atoms with Gasteiger partial charge in [0.05, 0.1) is 27.8 Å². The van der Waals surface area contributed by atoms with Crippen molar-refractivity contribution in [1.29, 1.82) is 0 Å². The molecular weight excluding hydrogens is 408 g/mol. The summed E-state index contributed by atoms with van der Waals surface area (Å²) in [6.45, 7) is 5.67. The smallest absolute Gasteiger partial charge is 0.237 e. The summed E-state index contributed by atoms with van der Waals surface area (Å²) in [5.74, 6) is 0.601. The molecule has 2 N–H and O–H groups in total. The lowest BCUT2D eigenvalue weighted by Gasteiger charge is -2.14. The molecule has 8 heteroatoms. The van der Waals surface area contributed by atoms with Crippen molar-refractivity contribution in [2.45, 2.75) is 31.2 Å². The average molecular weight is 433 g/mol. The number of aryl methyl sites for hydroxylation is 2. The molecule has 31 heavy (non-hydrogen) atoms. The lowest BCUT2D eigenvalue weighted by atomic mass is 10.2. The summed E-state index contributed by atoms with van der Waals surface area (Å²) < 4.78 is 1.76. The monoisotopic (exact) mass is 432 g/mol. The standard InChI is InChI=1S/C23H24N6OS/c1-14-20(15(2)29(4)28-14)26-22(30)16(3)31-23-25-19-13-9-8-12-18(19)21(27-23)24-17-10-6-5-7-11-17/h5-13,16H,1-4H3,(H,26,30)(H,24,25,27)/t16-/m1/s1. The zero-order chi connectivity index (χ0) is 22.0. The van der Waals surface area contributed by atoms with Crippen molar-refractivity contribution in [3.8, 4) is 0 Å². The van der Waals surface area contributed by atoms with Crippen LogP contribution in [-0.2, 0) is 11.8 Å². The fourth-order valence-corrected chi connectivity index (χ4v) is 4.03. The molecule has 4 aromatic rings. The van der Waals surface area contributed by atoms with Gasteiger partial charge in [0.15, 0.2) is 5.16 Å². The van der Waals surface area contributed by atoms with Crippen LogP contribution in [0.2, 0.25) is 0 Å². The van der Waals surface area contributed by atoms with E-state index in [1.165, 1.54) is 11.8 Å². The predicted molar refractivity (Wildman–Crippen MR) is 126 cm³/mol. The Morgan fingerprint density at radius 2 is 1.74 bits per heavy atom. The van der Waals surface area contributed by atoms with Crippen molar-refractivity contribution in [2.24, 2.45) is 7.05 Å². The number of thioether (sulfide) groups is 1. The number of hydrogen-bond donors (Lipinski definition) is 2. The first kappa shape index (κ1) is 20.9. The van der Waals surface area contributed by atoms with Crippen molar-refractivity contribution >= 4 is 45.8 Å². The predicted octanol–water partition coefficient (Wildman–Crippen LogP) is 4.84. The molecule has 4 rings (SSSR count). The van der Waals surface area contributed by atoms with Crippen LogP contribution in [-0.4, -0.2) is 30.9 Å². The highest BCUT2D eigenvalue weighted by Crippen LogP contribution is 2.29. The number of nitrogens with zero attached hydrogens (tertiary/aromatic N) is 4. The van der Waals surface area contributed by atoms with E-state index >= 15 is 0 Å². The Morgan fingerprint density at radius 1 is 1.03 bits per heavy atom. The Morgan fingerprint density at radius 3 is 2.45 bits per heavy atom. The quantitative estimate of drug-likeness (QED) is 0.335. The number of hydrogen-bond acceptors (Lipinski definition) is 6. The Bertz CT molecular complexity index is 1240. The fourth-order valence-electron chi connectivity index (χ4n) is 3.25. The van der Waals surface area contributed by atoms with E-state index in [1.54, 1.807) is 4.68 Å². The number of fused-ring (bicyclic) bond motifs is 1. The number of aromatic nitrogens is 4. The Balaban J connectivity index is 1.58. The second-order valence-electron chi connectivity index (χ2n) is 7.28. The van der Waals surface area contributed by atoms with E-state index in [9.17, 15) is 4.79 Å². The van der Waals surface area contributed by atoms with Crippen LogP contribution in [0.4, 0.5) is 17.2 Å². The van der Waals surface area contributed by atoms with Gasteiger partial charge < -0.3 is 10.6 Å². The highest BCUT2D eigenvalue weighted by atomic mass is 32.2. The molecular formula is C23H24N6OS. The van der Waals surface area contributed by atoms with E-state index < -0.39 is 0 Å². The van der Waals surface area contributed by atoms with Gasteiger partial charge >= 0.3 is 0 Å². The first-order chi connectivity index (χ1) is 14.9. The van der Waals surface area contributed by atoms with E-state index in [0.29, 0.717) is 11.0 Å². The summed E-state index contributed by atoms with van der Waals surface area (Å²) >= 11 is 1.33. The molecule has 7 nitrogen and oxygen atoms in total. The molecule has 0 unspecified atom stereocenters. The molecule has 0 saturated heterocycles. The van der Waals surface area contributed by atoms with Crippen molar-refractivity contribution in [2.75, 3.05) is 10.6 Å². The van der Waals surface area contributed by atoms with Crippen molar-refractivity contribution < 1.29 is 4.79 Å². The number of amides is 1. The average Bonchev–Trinajstić information content (AvgIpc) is 3.00. The van der Waals surface area contributed by atoms with E-state index in [1.807, 2.05) is 82.4 Å². The summed E-state index contributed by atoms with van der Waals surface area (Å²) in [5, 5.41) is 11.8. The minimum atomic E-state index is -0.384. The molecule has 2 heterocycles. The maximum Gasteiger partial charge on any atom is 0.237 e. The van der Waals surface area contributed by atoms with Crippen LogP contribution in [0.1, 0.15) is 18.3 Å². The number of benzene rings is 2. The minimum Gasteiger partial charge on any atom is -0.340 e. The fraction of sp³-hybridized carbons (Fsp3) is 0.217. The van der Waals surface area contributed by atoms with Gasteiger partial charge in [0.2, 0.25) is 5.91 Å². The largest absolute Gasteiger partial charge is 0.340 e. The maximum atomic E-state index is 12.8. The van der Waals surface area contributed by atoms with Gasteiger partial charge in [-0.3, -0.25) is 9.48 Å². The number of carbonyl (C=O) groups is 1. The Hall–Kier alpha value is -3.39. The second-order valence-corrected chi connectivity index (χ2v) is 8.59. The van der Waals surface area contributed by atoms with Gasteiger partial charge in [-0.15, -0.1) is 0 Å². The summed E-state index contributed by atoms with van der Waals surface area (Å²) in [7, 11) is 1.86. The zero-order valence-corrected chi connectivity index (χ0v) is 18.7. The molecule has 0 radical (unpaired) electrons. The van der Waals surface area contributed by atoms with Gasteiger partial charge in [0.25, 0.3) is 0 Å². The van der Waals surface area contributed by atoms with Gasteiger partial charge in [-0.2, -0.15) is 5.10 Å². The van der Waals surface area contributed by atoms with Crippen molar-refractivity contribution in [1.82, 2.24) is 19.7 Å². The molecule has 0 spiro atoms.